The summed E-state index contributed by atoms with van der Waals surface area (Å²) in [5.41, 5.74) is 6.04. The van der Waals surface area contributed by atoms with E-state index in [-0.39, 0.29) is 10.9 Å². The number of hydrogen-bond donors (Lipinski definition) is 1. The molecule has 2 N–H and O–H groups in total. The minimum absolute atomic E-state index is 0.124. The van der Waals surface area contributed by atoms with Crippen LogP contribution in [0.2, 0.25) is 0 Å². The van der Waals surface area contributed by atoms with Crippen LogP contribution in [0, 0.1) is 0 Å². The molecular formula is C11H15BrN2O2S. The van der Waals surface area contributed by atoms with Crippen molar-refractivity contribution in [3.05, 3.63) is 22.7 Å². The fourth-order valence-electron chi connectivity index (χ4n) is 1.83. The molecule has 1 aromatic rings. The van der Waals surface area contributed by atoms with E-state index in [0.29, 0.717) is 10.2 Å². The normalized spacial score (nSPS) is 17.1. The molecule has 0 spiro atoms. The molecular weight excluding hydrogens is 304 g/mol. The Balaban J connectivity index is 2.39. The van der Waals surface area contributed by atoms with Crippen LogP contribution in [0.3, 0.4) is 0 Å². The highest BCUT2D eigenvalue weighted by atomic mass is 79.9. The van der Waals surface area contributed by atoms with Crippen LogP contribution < -0.4 is 5.73 Å². The third-order valence-electron chi connectivity index (χ3n) is 3.22. The van der Waals surface area contributed by atoms with E-state index in [0.717, 1.165) is 19.3 Å². The molecule has 0 radical (unpaired) electrons. The van der Waals surface area contributed by atoms with Crippen molar-refractivity contribution >= 4 is 31.6 Å². The fraction of sp³-hybridized carbons (Fsp3) is 0.455. The number of benzene rings is 1. The van der Waals surface area contributed by atoms with Crippen LogP contribution in [0.15, 0.2) is 27.6 Å². The lowest BCUT2D eigenvalue weighted by molar-refractivity contribution is 0.250. The number of nitrogens with zero attached hydrogens (tertiary/aromatic N) is 1. The zero-order chi connectivity index (χ0) is 12.6. The van der Waals surface area contributed by atoms with Crippen LogP contribution in [-0.2, 0) is 10.0 Å². The zero-order valence-corrected chi connectivity index (χ0v) is 12.0. The van der Waals surface area contributed by atoms with Gasteiger partial charge >= 0.3 is 0 Å². The molecule has 2 rings (SSSR count). The predicted molar refractivity (Wildman–Crippen MR) is 71.1 cm³/mol. The van der Waals surface area contributed by atoms with Crippen LogP contribution in [-0.4, -0.2) is 25.8 Å². The Morgan fingerprint density at radius 1 is 1.41 bits per heavy atom. The second-order valence-electron chi connectivity index (χ2n) is 4.29. The van der Waals surface area contributed by atoms with E-state index in [9.17, 15) is 8.42 Å². The van der Waals surface area contributed by atoms with E-state index in [1.54, 1.807) is 25.2 Å². The van der Waals surface area contributed by atoms with E-state index in [2.05, 4.69) is 15.9 Å². The molecule has 1 fully saturated rings. The van der Waals surface area contributed by atoms with Crippen LogP contribution >= 0.6 is 15.9 Å². The standard InChI is InChI=1S/C11H15BrN2O2S/c1-14(9-3-2-4-9)17(15,16)11-7-8(12)5-6-10(11)13/h5-7,9H,2-4,13H2,1H3. The lowest BCUT2D eigenvalue weighted by Crippen LogP contribution is -2.41. The summed E-state index contributed by atoms with van der Waals surface area (Å²) in [7, 11) is -1.85. The van der Waals surface area contributed by atoms with Gasteiger partial charge in [-0.05, 0) is 31.0 Å². The van der Waals surface area contributed by atoms with Crippen LogP contribution in [0.1, 0.15) is 19.3 Å². The first kappa shape index (κ1) is 12.9. The van der Waals surface area contributed by atoms with Gasteiger partial charge in [0.25, 0.3) is 0 Å². The van der Waals surface area contributed by atoms with Crippen molar-refractivity contribution in [3.8, 4) is 0 Å². The van der Waals surface area contributed by atoms with Gasteiger partial charge in [-0.15, -0.1) is 0 Å². The molecule has 1 aliphatic carbocycles. The van der Waals surface area contributed by atoms with Gasteiger partial charge in [-0.3, -0.25) is 0 Å². The molecule has 94 valence electrons. The Kier molecular flexibility index (Phi) is 3.47. The summed E-state index contributed by atoms with van der Waals surface area (Å²) in [4.78, 5) is 0.182. The second kappa shape index (κ2) is 4.59. The predicted octanol–water partition coefficient (Wildman–Crippen LogP) is 2.20. The molecule has 0 bridgehead atoms. The molecule has 1 aliphatic rings. The van der Waals surface area contributed by atoms with Crippen molar-refractivity contribution in [2.45, 2.75) is 30.2 Å². The topological polar surface area (TPSA) is 63.4 Å². The molecule has 4 nitrogen and oxygen atoms in total. The summed E-state index contributed by atoms with van der Waals surface area (Å²) in [6, 6.07) is 5.02. The number of rotatable bonds is 3. The average molecular weight is 319 g/mol. The Hall–Kier alpha value is -0.590. The third kappa shape index (κ3) is 2.34. The highest BCUT2D eigenvalue weighted by Crippen LogP contribution is 2.31. The van der Waals surface area contributed by atoms with Gasteiger partial charge in [0.2, 0.25) is 10.0 Å². The zero-order valence-electron chi connectivity index (χ0n) is 9.56. The first-order valence-electron chi connectivity index (χ1n) is 5.46. The minimum Gasteiger partial charge on any atom is -0.398 e. The van der Waals surface area contributed by atoms with Crippen molar-refractivity contribution in [1.29, 1.82) is 0 Å². The van der Waals surface area contributed by atoms with Crippen molar-refractivity contribution in [3.63, 3.8) is 0 Å². The average Bonchev–Trinajstić information content (AvgIpc) is 2.19. The summed E-state index contributed by atoms with van der Waals surface area (Å²) >= 11 is 3.27. The Morgan fingerprint density at radius 2 is 2.06 bits per heavy atom. The molecule has 0 atom stereocenters. The summed E-state index contributed by atoms with van der Waals surface area (Å²) in [6.07, 6.45) is 2.96. The number of sulfonamides is 1. The summed E-state index contributed by atoms with van der Waals surface area (Å²) in [5.74, 6) is 0. The van der Waals surface area contributed by atoms with E-state index >= 15 is 0 Å². The third-order valence-corrected chi connectivity index (χ3v) is 5.68. The van der Waals surface area contributed by atoms with Crippen LogP contribution in [0.4, 0.5) is 5.69 Å². The minimum atomic E-state index is -3.47. The van der Waals surface area contributed by atoms with Crippen molar-refractivity contribution < 1.29 is 8.42 Å². The van der Waals surface area contributed by atoms with E-state index in [4.69, 9.17) is 5.73 Å². The molecule has 0 amide bonds. The molecule has 0 saturated heterocycles. The molecule has 0 aliphatic heterocycles. The first-order valence-corrected chi connectivity index (χ1v) is 7.69. The van der Waals surface area contributed by atoms with Gasteiger partial charge in [-0.1, -0.05) is 22.4 Å². The van der Waals surface area contributed by atoms with E-state index < -0.39 is 10.0 Å². The Bertz CT molecular complexity index is 526. The highest BCUT2D eigenvalue weighted by molar-refractivity contribution is 9.10. The number of nitrogens with two attached hydrogens (primary N) is 1. The summed E-state index contributed by atoms with van der Waals surface area (Å²) in [6.45, 7) is 0. The fourth-order valence-corrected chi connectivity index (χ4v) is 3.90. The molecule has 1 saturated carbocycles. The lowest BCUT2D eigenvalue weighted by atomic mass is 9.94. The monoisotopic (exact) mass is 318 g/mol. The molecule has 17 heavy (non-hydrogen) atoms. The molecule has 0 aromatic heterocycles. The highest BCUT2D eigenvalue weighted by Gasteiger charge is 2.32. The smallest absolute Gasteiger partial charge is 0.245 e. The molecule has 0 heterocycles. The van der Waals surface area contributed by atoms with Crippen molar-refractivity contribution in [2.75, 3.05) is 12.8 Å². The Labute approximate surface area is 110 Å². The van der Waals surface area contributed by atoms with Crippen LogP contribution in [0.25, 0.3) is 0 Å². The lowest BCUT2D eigenvalue weighted by Gasteiger charge is -2.34. The first-order chi connectivity index (χ1) is 7.93. The van der Waals surface area contributed by atoms with Gasteiger partial charge < -0.3 is 5.73 Å². The van der Waals surface area contributed by atoms with Crippen molar-refractivity contribution in [1.82, 2.24) is 4.31 Å². The van der Waals surface area contributed by atoms with E-state index in [1.807, 2.05) is 0 Å². The maximum Gasteiger partial charge on any atom is 0.245 e. The molecule has 0 unspecified atom stereocenters. The second-order valence-corrected chi connectivity index (χ2v) is 7.17. The van der Waals surface area contributed by atoms with Crippen LogP contribution in [0.5, 0.6) is 0 Å². The number of anilines is 1. The van der Waals surface area contributed by atoms with Gasteiger partial charge in [0, 0.05) is 17.6 Å². The van der Waals surface area contributed by atoms with Gasteiger partial charge in [0.1, 0.15) is 4.90 Å². The van der Waals surface area contributed by atoms with Gasteiger partial charge in [0.05, 0.1) is 5.69 Å². The molecule has 6 heteroatoms. The number of hydrogen-bond acceptors (Lipinski definition) is 3. The maximum absolute atomic E-state index is 12.4. The van der Waals surface area contributed by atoms with Gasteiger partial charge in [0.15, 0.2) is 0 Å². The molecule has 1 aromatic carbocycles. The van der Waals surface area contributed by atoms with Gasteiger partial charge in [-0.25, -0.2) is 8.42 Å². The van der Waals surface area contributed by atoms with E-state index in [1.165, 1.54) is 4.31 Å². The summed E-state index contributed by atoms with van der Waals surface area (Å²) in [5, 5.41) is 0. The maximum atomic E-state index is 12.4. The number of halogens is 1. The summed E-state index contributed by atoms with van der Waals surface area (Å²) < 4.78 is 26.9. The SMILES string of the molecule is CN(C1CCC1)S(=O)(=O)c1cc(Br)ccc1N. The Morgan fingerprint density at radius 3 is 2.59 bits per heavy atom. The number of nitrogen functional groups attached to an aromatic ring is 1. The van der Waals surface area contributed by atoms with Crippen molar-refractivity contribution in [2.24, 2.45) is 0 Å². The largest absolute Gasteiger partial charge is 0.398 e. The quantitative estimate of drug-likeness (QED) is 0.869. The van der Waals surface area contributed by atoms with Gasteiger partial charge in [-0.2, -0.15) is 4.31 Å².